The van der Waals surface area contributed by atoms with Gasteiger partial charge in [-0.15, -0.1) is 0 Å². The lowest BCUT2D eigenvalue weighted by Crippen LogP contribution is -2.25. The summed E-state index contributed by atoms with van der Waals surface area (Å²) in [5, 5.41) is 3.34. The quantitative estimate of drug-likeness (QED) is 0.507. The van der Waals surface area contributed by atoms with Crippen LogP contribution in [0.15, 0.2) is 48.8 Å². The molecule has 0 saturated carbocycles. The number of anilines is 3. The number of halogens is 1. The molecule has 0 fully saturated rings. The van der Waals surface area contributed by atoms with E-state index in [1.54, 1.807) is 6.07 Å². The van der Waals surface area contributed by atoms with E-state index in [1.165, 1.54) is 18.5 Å². The Bertz CT molecular complexity index is 1180. The Labute approximate surface area is 153 Å². The van der Waals surface area contributed by atoms with Crippen LogP contribution < -0.4 is 16.8 Å². The summed E-state index contributed by atoms with van der Waals surface area (Å²) >= 11 is 0. The Hall–Kier alpha value is -3.68. The van der Waals surface area contributed by atoms with Gasteiger partial charge in [-0.25, -0.2) is 19.3 Å². The number of fused-ring (bicyclic) bond motifs is 4. The molecule has 1 aliphatic rings. The van der Waals surface area contributed by atoms with E-state index >= 15 is 0 Å². The second-order valence-electron chi connectivity index (χ2n) is 6.49. The van der Waals surface area contributed by atoms with Crippen LogP contribution in [0.1, 0.15) is 23.0 Å². The van der Waals surface area contributed by atoms with Crippen LogP contribution >= 0.6 is 0 Å². The predicted molar refractivity (Wildman–Crippen MR) is 102 cm³/mol. The summed E-state index contributed by atoms with van der Waals surface area (Å²) in [5.74, 6) is 1.13. The smallest absolute Gasteiger partial charge is 0.155 e. The van der Waals surface area contributed by atoms with Gasteiger partial charge in [0.05, 0.1) is 11.0 Å². The molecule has 0 radical (unpaired) electrons. The molecule has 27 heavy (non-hydrogen) atoms. The molecule has 5 rings (SSSR count). The van der Waals surface area contributed by atoms with Gasteiger partial charge in [0.1, 0.15) is 29.7 Å². The van der Waals surface area contributed by atoms with Crippen molar-refractivity contribution >= 4 is 28.4 Å². The summed E-state index contributed by atoms with van der Waals surface area (Å²) in [7, 11) is 0. The zero-order valence-corrected chi connectivity index (χ0v) is 14.2. The lowest BCUT2D eigenvalue weighted by molar-refractivity contribution is 0.626. The van der Waals surface area contributed by atoms with Crippen molar-refractivity contribution in [3.05, 3.63) is 71.6 Å². The minimum atomic E-state index is -0.304. The maximum Gasteiger partial charge on any atom is 0.155 e. The first-order valence-electron chi connectivity index (χ1n) is 8.48. The number of imidazole rings is 1. The zero-order valence-electron chi connectivity index (χ0n) is 14.2. The van der Waals surface area contributed by atoms with Crippen LogP contribution in [0.3, 0.4) is 0 Å². The molecule has 2 aromatic heterocycles. The number of aromatic nitrogens is 4. The molecule has 2 aromatic carbocycles. The van der Waals surface area contributed by atoms with Crippen molar-refractivity contribution in [2.45, 2.75) is 12.6 Å². The van der Waals surface area contributed by atoms with Crippen LogP contribution in [0.5, 0.6) is 0 Å². The van der Waals surface area contributed by atoms with Gasteiger partial charge < -0.3 is 21.4 Å². The summed E-state index contributed by atoms with van der Waals surface area (Å²) in [6, 6.07) is 12.4. The van der Waals surface area contributed by atoms with Crippen LogP contribution in [0.4, 0.5) is 21.7 Å². The normalized spacial score (nSPS) is 15.4. The summed E-state index contributed by atoms with van der Waals surface area (Å²) < 4.78 is 15.8. The van der Waals surface area contributed by atoms with Crippen molar-refractivity contribution in [3.8, 4) is 0 Å². The average molecular weight is 361 g/mol. The Kier molecular flexibility index (Phi) is 3.27. The second kappa shape index (κ2) is 5.66. The second-order valence-corrected chi connectivity index (χ2v) is 6.49. The monoisotopic (exact) mass is 361 g/mol. The molecule has 8 heteroatoms. The van der Waals surface area contributed by atoms with Crippen LogP contribution in [0, 0.1) is 5.82 Å². The Morgan fingerprint density at radius 2 is 1.96 bits per heavy atom. The fourth-order valence-corrected chi connectivity index (χ4v) is 3.57. The molecule has 1 atom stereocenters. The highest BCUT2D eigenvalue weighted by atomic mass is 19.1. The number of nitrogens with one attached hydrogen (secondary N) is 1. The number of hydrogen-bond donors (Lipinski definition) is 3. The van der Waals surface area contributed by atoms with Crippen molar-refractivity contribution < 1.29 is 4.39 Å². The predicted octanol–water partition coefficient (Wildman–Crippen LogP) is 2.69. The van der Waals surface area contributed by atoms with Crippen LogP contribution in [-0.4, -0.2) is 19.5 Å². The Morgan fingerprint density at radius 3 is 2.85 bits per heavy atom. The summed E-state index contributed by atoms with van der Waals surface area (Å²) in [5.41, 5.74) is 15.8. The lowest BCUT2D eigenvalue weighted by Gasteiger charge is -2.28. The largest absolute Gasteiger partial charge is 0.393 e. The third-order valence-electron chi connectivity index (χ3n) is 4.89. The van der Waals surface area contributed by atoms with E-state index in [1.807, 2.05) is 22.8 Å². The van der Waals surface area contributed by atoms with Gasteiger partial charge in [-0.3, -0.25) is 0 Å². The Morgan fingerprint density at radius 1 is 1.11 bits per heavy atom. The number of nitrogens with zero attached hydrogens (tertiary/aromatic N) is 4. The number of rotatable bonds is 2. The first kappa shape index (κ1) is 15.6. The van der Waals surface area contributed by atoms with Gasteiger partial charge >= 0.3 is 0 Å². The zero-order chi connectivity index (χ0) is 18.5. The van der Waals surface area contributed by atoms with Crippen molar-refractivity contribution in [1.82, 2.24) is 19.5 Å². The molecule has 0 aliphatic carbocycles. The van der Waals surface area contributed by atoms with E-state index < -0.39 is 0 Å². The van der Waals surface area contributed by atoms with Gasteiger partial charge in [0.15, 0.2) is 11.6 Å². The SMILES string of the molecule is Nc1ncnc(N[C@H]2c3ccccc3Cn3c2nc2ccc(F)cc23)c1N. The van der Waals surface area contributed by atoms with E-state index in [0.717, 1.165) is 28.0 Å². The van der Waals surface area contributed by atoms with Gasteiger partial charge in [-0.2, -0.15) is 0 Å². The molecule has 1 aliphatic heterocycles. The van der Waals surface area contributed by atoms with E-state index in [0.29, 0.717) is 12.4 Å². The Balaban J connectivity index is 1.71. The molecule has 4 aromatic rings. The van der Waals surface area contributed by atoms with E-state index in [9.17, 15) is 4.39 Å². The highest BCUT2D eigenvalue weighted by Gasteiger charge is 2.29. The number of hydrogen-bond acceptors (Lipinski definition) is 6. The topological polar surface area (TPSA) is 108 Å². The standard InChI is InChI=1S/C19H16FN7/c20-11-5-6-13-14(7-11)27-8-10-3-1-2-4-12(10)16(19(27)25-13)26-18-15(21)17(22)23-9-24-18/h1-7,9,16H,8,21H2,(H3,22,23,24,26)/t16-/m0/s1. The fraction of sp³-hybridized carbons (Fsp3) is 0.105. The van der Waals surface area contributed by atoms with Crippen LogP contribution in [-0.2, 0) is 6.54 Å². The minimum absolute atomic E-state index is 0.215. The van der Waals surface area contributed by atoms with Crippen molar-refractivity contribution in [1.29, 1.82) is 0 Å². The molecular formula is C19H16FN7. The van der Waals surface area contributed by atoms with Crippen molar-refractivity contribution in [2.24, 2.45) is 0 Å². The molecule has 0 bridgehead atoms. The van der Waals surface area contributed by atoms with E-state index in [4.69, 9.17) is 16.5 Å². The summed E-state index contributed by atoms with van der Waals surface area (Å²) in [4.78, 5) is 12.9. The molecule has 7 nitrogen and oxygen atoms in total. The van der Waals surface area contributed by atoms with E-state index in [-0.39, 0.29) is 23.4 Å². The first-order chi connectivity index (χ1) is 13.1. The lowest BCUT2D eigenvalue weighted by atomic mass is 9.96. The molecule has 0 spiro atoms. The number of benzene rings is 2. The molecular weight excluding hydrogens is 345 g/mol. The van der Waals surface area contributed by atoms with Gasteiger partial charge in [0.25, 0.3) is 0 Å². The maximum absolute atomic E-state index is 13.8. The highest BCUT2D eigenvalue weighted by molar-refractivity contribution is 5.78. The number of nitrogen functional groups attached to an aromatic ring is 2. The van der Waals surface area contributed by atoms with Crippen LogP contribution in [0.2, 0.25) is 0 Å². The summed E-state index contributed by atoms with van der Waals surface area (Å²) in [6.45, 7) is 0.616. The first-order valence-corrected chi connectivity index (χ1v) is 8.48. The molecule has 5 N–H and O–H groups in total. The maximum atomic E-state index is 13.8. The van der Waals surface area contributed by atoms with Crippen molar-refractivity contribution in [3.63, 3.8) is 0 Å². The third-order valence-corrected chi connectivity index (χ3v) is 4.89. The highest BCUT2D eigenvalue weighted by Crippen LogP contribution is 2.36. The van der Waals surface area contributed by atoms with Crippen molar-refractivity contribution in [2.75, 3.05) is 16.8 Å². The average Bonchev–Trinajstić information content (AvgIpc) is 3.03. The number of nitrogens with two attached hydrogens (primary N) is 2. The van der Waals surface area contributed by atoms with E-state index in [2.05, 4.69) is 21.4 Å². The molecule has 134 valence electrons. The molecule has 0 amide bonds. The van der Waals surface area contributed by atoms with Gasteiger partial charge in [0, 0.05) is 6.54 Å². The fourth-order valence-electron chi connectivity index (χ4n) is 3.57. The third kappa shape index (κ3) is 2.37. The van der Waals surface area contributed by atoms with Gasteiger partial charge in [-0.1, -0.05) is 24.3 Å². The molecule has 0 saturated heterocycles. The minimum Gasteiger partial charge on any atom is -0.393 e. The van der Waals surface area contributed by atoms with Crippen LogP contribution in [0.25, 0.3) is 11.0 Å². The van der Waals surface area contributed by atoms with Gasteiger partial charge in [0.2, 0.25) is 0 Å². The molecule has 0 unspecified atom stereocenters. The van der Waals surface area contributed by atoms with Gasteiger partial charge in [-0.05, 0) is 29.3 Å². The summed E-state index contributed by atoms with van der Waals surface area (Å²) in [6.07, 6.45) is 1.36. The molecule has 3 heterocycles.